The molecule has 0 amide bonds. The van der Waals surface area contributed by atoms with E-state index in [4.69, 9.17) is 0 Å². The van der Waals surface area contributed by atoms with Crippen LogP contribution in [0, 0.1) is 11.3 Å². The first-order chi connectivity index (χ1) is 8.03. The van der Waals surface area contributed by atoms with Crippen molar-refractivity contribution >= 4 is 0 Å². The van der Waals surface area contributed by atoms with Gasteiger partial charge in [0.05, 0.1) is 0 Å². The molecule has 2 heteroatoms. The van der Waals surface area contributed by atoms with E-state index in [1.165, 1.54) is 58.3 Å². The molecule has 1 saturated heterocycles. The number of piperidine rings is 1. The Morgan fingerprint density at radius 1 is 1.06 bits per heavy atom. The highest BCUT2D eigenvalue weighted by molar-refractivity contribution is 4.83. The molecule has 0 spiro atoms. The summed E-state index contributed by atoms with van der Waals surface area (Å²) in [5, 5.41) is 3.68. The number of hydrogen-bond acceptors (Lipinski definition) is 2. The number of nitrogens with one attached hydrogen (secondary N) is 1. The van der Waals surface area contributed by atoms with E-state index in [9.17, 15) is 0 Å². The van der Waals surface area contributed by atoms with E-state index in [1.54, 1.807) is 0 Å². The molecule has 0 bridgehead atoms. The SMILES string of the molecule is CC(C)(C)CCN1CCC(CNC2CC2)CC1. The smallest absolute Gasteiger partial charge is 0.00683 e. The maximum atomic E-state index is 3.68. The Labute approximate surface area is 107 Å². The maximum absolute atomic E-state index is 3.68. The molecule has 0 aromatic carbocycles. The van der Waals surface area contributed by atoms with Crippen LogP contribution in [0.25, 0.3) is 0 Å². The highest BCUT2D eigenvalue weighted by atomic mass is 15.1. The molecular formula is C15H30N2. The van der Waals surface area contributed by atoms with Crippen molar-refractivity contribution in [2.75, 3.05) is 26.2 Å². The van der Waals surface area contributed by atoms with Crippen LogP contribution < -0.4 is 5.32 Å². The number of hydrogen-bond donors (Lipinski definition) is 1. The lowest BCUT2D eigenvalue weighted by atomic mass is 9.91. The molecule has 0 atom stereocenters. The second-order valence-electron chi connectivity index (χ2n) is 7.28. The van der Waals surface area contributed by atoms with E-state index in [0.717, 1.165) is 12.0 Å². The van der Waals surface area contributed by atoms with Crippen LogP contribution in [0.4, 0.5) is 0 Å². The van der Waals surface area contributed by atoms with Gasteiger partial charge in [-0.3, -0.25) is 0 Å². The van der Waals surface area contributed by atoms with Gasteiger partial charge in [-0.15, -0.1) is 0 Å². The minimum Gasteiger partial charge on any atom is -0.314 e. The Morgan fingerprint density at radius 3 is 2.24 bits per heavy atom. The molecule has 1 heterocycles. The lowest BCUT2D eigenvalue weighted by molar-refractivity contribution is 0.162. The third-order valence-corrected chi connectivity index (χ3v) is 4.16. The quantitative estimate of drug-likeness (QED) is 0.792. The van der Waals surface area contributed by atoms with Gasteiger partial charge in [-0.05, 0) is 69.6 Å². The summed E-state index contributed by atoms with van der Waals surface area (Å²) in [6.45, 7) is 12.3. The van der Waals surface area contributed by atoms with E-state index in [0.29, 0.717) is 5.41 Å². The van der Waals surface area contributed by atoms with Crippen LogP contribution in [0.1, 0.15) is 52.9 Å². The van der Waals surface area contributed by atoms with Crippen LogP contribution in [0.3, 0.4) is 0 Å². The topological polar surface area (TPSA) is 15.3 Å². The average Bonchev–Trinajstić information content (AvgIpc) is 3.08. The number of likely N-dealkylation sites (tertiary alicyclic amines) is 1. The normalized spacial score (nSPS) is 24.2. The Hall–Kier alpha value is -0.0800. The summed E-state index contributed by atoms with van der Waals surface area (Å²) in [4.78, 5) is 2.67. The molecule has 1 saturated carbocycles. The van der Waals surface area contributed by atoms with E-state index in [1.807, 2.05) is 0 Å². The summed E-state index contributed by atoms with van der Waals surface area (Å²) in [6.07, 6.45) is 6.99. The zero-order chi connectivity index (χ0) is 12.3. The minimum absolute atomic E-state index is 0.490. The predicted octanol–water partition coefficient (Wildman–Crippen LogP) is 2.89. The fraction of sp³-hybridized carbons (Fsp3) is 1.00. The number of rotatable bonds is 5. The third-order valence-electron chi connectivity index (χ3n) is 4.16. The first-order valence-electron chi connectivity index (χ1n) is 7.49. The molecule has 2 rings (SSSR count). The van der Waals surface area contributed by atoms with Gasteiger partial charge >= 0.3 is 0 Å². The van der Waals surface area contributed by atoms with Crippen molar-refractivity contribution in [3.63, 3.8) is 0 Å². The number of nitrogens with zero attached hydrogens (tertiary/aromatic N) is 1. The summed E-state index contributed by atoms with van der Waals surface area (Å²) in [5.41, 5.74) is 0.490. The Morgan fingerprint density at radius 2 is 1.71 bits per heavy atom. The van der Waals surface area contributed by atoms with E-state index >= 15 is 0 Å². The van der Waals surface area contributed by atoms with Crippen LogP contribution in [-0.4, -0.2) is 37.1 Å². The first kappa shape index (κ1) is 13.4. The second kappa shape index (κ2) is 5.71. The molecule has 0 radical (unpaired) electrons. The van der Waals surface area contributed by atoms with Crippen molar-refractivity contribution in [1.82, 2.24) is 10.2 Å². The molecular weight excluding hydrogens is 208 g/mol. The molecule has 2 aliphatic rings. The summed E-state index contributed by atoms with van der Waals surface area (Å²) >= 11 is 0. The van der Waals surface area contributed by atoms with Crippen molar-refractivity contribution in [3.05, 3.63) is 0 Å². The molecule has 0 aromatic rings. The molecule has 1 aliphatic heterocycles. The minimum atomic E-state index is 0.490. The van der Waals surface area contributed by atoms with Crippen LogP contribution >= 0.6 is 0 Å². The lowest BCUT2D eigenvalue weighted by Gasteiger charge is -2.33. The fourth-order valence-corrected chi connectivity index (χ4v) is 2.53. The predicted molar refractivity (Wildman–Crippen MR) is 74.3 cm³/mol. The fourth-order valence-electron chi connectivity index (χ4n) is 2.53. The van der Waals surface area contributed by atoms with Gasteiger partial charge in [0, 0.05) is 6.04 Å². The van der Waals surface area contributed by atoms with E-state index < -0.39 is 0 Å². The van der Waals surface area contributed by atoms with E-state index in [-0.39, 0.29) is 0 Å². The van der Waals surface area contributed by atoms with Gasteiger partial charge in [0.25, 0.3) is 0 Å². The zero-order valence-electron chi connectivity index (χ0n) is 12.0. The van der Waals surface area contributed by atoms with Crippen molar-refractivity contribution in [2.24, 2.45) is 11.3 Å². The monoisotopic (exact) mass is 238 g/mol. The summed E-state index contributed by atoms with van der Waals surface area (Å²) in [7, 11) is 0. The van der Waals surface area contributed by atoms with E-state index in [2.05, 4.69) is 31.0 Å². The van der Waals surface area contributed by atoms with Gasteiger partial charge in [0.15, 0.2) is 0 Å². The Bertz CT molecular complexity index is 220. The lowest BCUT2D eigenvalue weighted by Crippen LogP contribution is -2.38. The van der Waals surface area contributed by atoms with Crippen molar-refractivity contribution < 1.29 is 0 Å². The van der Waals surface area contributed by atoms with Crippen molar-refractivity contribution in [3.8, 4) is 0 Å². The van der Waals surface area contributed by atoms with Crippen LogP contribution in [0.5, 0.6) is 0 Å². The molecule has 1 aliphatic carbocycles. The van der Waals surface area contributed by atoms with Crippen LogP contribution in [0.15, 0.2) is 0 Å². The summed E-state index contributed by atoms with van der Waals surface area (Å²) < 4.78 is 0. The summed E-state index contributed by atoms with van der Waals surface area (Å²) in [5.74, 6) is 0.946. The molecule has 1 N–H and O–H groups in total. The van der Waals surface area contributed by atoms with Gasteiger partial charge in [-0.25, -0.2) is 0 Å². The summed E-state index contributed by atoms with van der Waals surface area (Å²) in [6, 6.07) is 0.883. The Kier molecular flexibility index (Phi) is 4.48. The van der Waals surface area contributed by atoms with Gasteiger partial charge in [0.1, 0.15) is 0 Å². The van der Waals surface area contributed by atoms with Gasteiger partial charge in [-0.1, -0.05) is 20.8 Å². The van der Waals surface area contributed by atoms with Crippen molar-refractivity contribution in [2.45, 2.75) is 58.9 Å². The van der Waals surface area contributed by atoms with Gasteiger partial charge < -0.3 is 10.2 Å². The molecule has 17 heavy (non-hydrogen) atoms. The standard InChI is InChI=1S/C15H30N2/c1-15(2,3)8-11-17-9-6-13(7-10-17)12-16-14-4-5-14/h13-14,16H,4-12H2,1-3H3. The first-order valence-corrected chi connectivity index (χ1v) is 7.49. The van der Waals surface area contributed by atoms with Gasteiger partial charge in [0.2, 0.25) is 0 Å². The molecule has 0 aromatic heterocycles. The highest BCUT2D eigenvalue weighted by Gasteiger charge is 2.24. The second-order valence-corrected chi connectivity index (χ2v) is 7.28. The zero-order valence-corrected chi connectivity index (χ0v) is 12.0. The van der Waals surface area contributed by atoms with Crippen molar-refractivity contribution in [1.29, 1.82) is 0 Å². The maximum Gasteiger partial charge on any atom is 0.00683 e. The Balaban J connectivity index is 1.56. The average molecular weight is 238 g/mol. The largest absolute Gasteiger partial charge is 0.314 e. The molecule has 0 unspecified atom stereocenters. The molecule has 2 nitrogen and oxygen atoms in total. The third kappa shape index (κ3) is 5.39. The molecule has 100 valence electrons. The van der Waals surface area contributed by atoms with Crippen LogP contribution in [-0.2, 0) is 0 Å². The van der Waals surface area contributed by atoms with Crippen LogP contribution in [0.2, 0.25) is 0 Å². The van der Waals surface area contributed by atoms with Gasteiger partial charge in [-0.2, -0.15) is 0 Å². The highest BCUT2D eigenvalue weighted by Crippen LogP contribution is 2.23. The molecule has 2 fully saturated rings.